The molecule has 0 aliphatic heterocycles. The van der Waals surface area contributed by atoms with Crippen LogP contribution in [0.15, 0.2) is 35.2 Å². The molecule has 2 aromatic rings. The zero-order chi connectivity index (χ0) is 27.5. The van der Waals surface area contributed by atoms with Gasteiger partial charge in [0.1, 0.15) is 0 Å². The predicted octanol–water partition coefficient (Wildman–Crippen LogP) is 3.83. The van der Waals surface area contributed by atoms with Crippen LogP contribution in [0.5, 0.6) is 0 Å². The number of carbonyl (C=O) groups is 1. The smallest absolute Gasteiger partial charge is 0.255 e. The molecular formula is C25H27ClF3NO6S. The number of hydrogen-bond donors (Lipinski definition) is 4. The van der Waals surface area contributed by atoms with Gasteiger partial charge >= 0.3 is 0 Å². The highest BCUT2D eigenvalue weighted by Crippen LogP contribution is 2.57. The van der Waals surface area contributed by atoms with Crippen molar-refractivity contribution < 1.29 is 41.7 Å². The molecule has 4 N–H and O–H groups in total. The molecule has 3 atom stereocenters. The van der Waals surface area contributed by atoms with Crippen molar-refractivity contribution in [1.29, 1.82) is 0 Å². The molecule has 0 spiro atoms. The van der Waals surface area contributed by atoms with E-state index in [9.17, 15) is 41.7 Å². The molecule has 0 aromatic heterocycles. The van der Waals surface area contributed by atoms with Crippen LogP contribution >= 0.6 is 11.6 Å². The number of nitrogens with one attached hydrogen (secondary N) is 1. The Morgan fingerprint density at radius 1 is 1.14 bits per heavy atom. The average molecular weight is 562 g/mol. The first-order valence-electron chi connectivity index (χ1n) is 11.7. The Bertz CT molecular complexity index is 1310. The van der Waals surface area contributed by atoms with Gasteiger partial charge in [-0.15, -0.1) is 0 Å². The maximum absolute atomic E-state index is 13.5. The van der Waals surface area contributed by atoms with E-state index < -0.39 is 67.6 Å². The molecule has 37 heavy (non-hydrogen) atoms. The molecule has 2 aromatic carbocycles. The quantitative estimate of drug-likeness (QED) is 0.381. The van der Waals surface area contributed by atoms with Crippen LogP contribution in [0.25, 0.3) is 0 Å². The average Bonchev–Trinajstić information content (AvgIpc) is 2.81. The van der Waals surface area contributed by atoms with Gasteiger partial charge in [-0.2, -0.15) is 0 Å². The van der Waals surface area contributed by atoms with Crippen LogP contribution < -0.4 is 5.32 Å². The summed E-state index contributed by atoms with van der Waals surface area (Å²) < 4.78 is 67.1. The second-order valence-electron chi connectivity index (χ2n) is 10.5. The number of fused-ring (bicyclic) bond motifs is 2. The highest BCUT2D eigenvalue weighted by molar-refractivity contribution is 7.92. The Balaban J connectivity index is 1.53. The van der Waals surface area contributed by atoms with Crippen molar-refractivity contribution in [1.82, 2.24) is 0 Å². The van der Waals surface area contributed by atoms with Gasteiger partial charge < -0.3 is 20.6 Å². The summed E-state index contributed by atoms with van der Waals surface area (Å²) >= 11 is 6.18. The van der Waals surface area contributed by atoms with Crippen LogP contribution in [-0.4, -0.2) is 52.2 Å². The van der Waals surface area contributed by atoms with Gasteiger partial charge in [0.25, 0.3) is 5.91 Å². The number of aliphatic hydroxyl groups is 3. The Morgan fingerprint density at radius 2 is 1.70 bits per heavy atom. The molecule has 0 heterocycles. The Hall–Kier alpha value is -2.18. The van der Waals surface area contributed by atoms with Crippen molar-refractivity contribution in [3.05, 3.63) is 58.4 Å². The third-order valence-corrected chi connectivity index (χ3v) is 10.2. The molecule has 7 nitrogen and oxygen atoms in total. The molecule has 3 unspecified atom stereocenters. The number of rotatable bonds is 7. The molecule has 5 rings (SSSR count). The summed E-state index contributed by atoms with van der Waals surface area (Å²) in [5.41, 5.74) is -3.23. The largest absolute Gasteiger partial charge is 0.390 e. The van der Waals surface area contributed by atoms with Crippen LogP contribution in [0.3, 0.4) is 0 Å². The number of carbonyl (C=O) groups excluding carboxylic acids is 1. The molecule has 202 valence electrons. The third kappa shape index (κ3) is 5.12. The molecule has 3 saturated carbocycles. The zero-order valence-corrected chi connectivity index (χ0v) is 21.6. The van der Waals surface area contributed by atoms with E-state index in [1.54, 1.807) is 0 Å². The van der Waals surface area contributed by atoms with Gasteiger partial charge in [0.2, 0.25) is 0 Å². The van der Waals surface area contributed by atoms with Crippen molar-refractivity contribution in [2.45, 2.75) is 67.0 Å². The van der Waals surface area contributed by atoms with Gasteiger partial charge in [-0.05, 0) is 63.1 Å². The molecule has 0 radical (unpaired) electrons. The summed E-state index contributed by atoms with van der Waals surface area (Å²) in [4.78, 5) is 12.4. The Morgan fingerprint density at radius 3 is 2.24 bits per heavy atom. The van der Waals surface area contributed by atoms with Crippen molar-refractivity contribution in [2.24, 2.45) is 11.8 Å². The number of halogens is 4. The lowest BCUT2D eigenvalue weighted by molar-refractivity contribution is -0.206. The molecule has 1 amide bonds. The SMILES string of the molecule is CC(C)(O)C(O)C[C@]1(O)C2CC1C[C@@H](S(=O)(=O)c1cc(C(=O)Nc3cc(F)c(F)c(F)c3)ccc1Cl)C2. The van der Waals surface area contributed by atoms with Crippen LogP contribution in [-0.2, 0) is 9.84 Å². The minimum absolute atomic E-state index is 0.0837. The lowest BCUT2D eigenvalue weighted by Crippen LogP contribution is -2.64. The fraction of sp³-hybridized carbons (Fsp3) is 0.480. The van der Waals surface area contributed by atoms with Crippen molar-refractivity contribution in [3.8, 4) is 0 Å². The third-order valence-electron chi connectivity index (χ3n) is 7.59. The van der Waals surface area contributed by atoms with Crippen LogP contribution in [0, 0.1) is 29.3 Å². The minimum Gasteiger partial charge on any atom is -0.390 e. The first-order chi connectivity index (χ1) is 17.0. The number of hydrogen-bond acceptors (Lipinski definition) is 6. The summed E-state index contributed by atoms with van der Waals surface area (Å²) in [5.74, 6) is -6.39. The summed E-state index contributed by atoms with van der Waals surface area (Å²) in [6.07, 6.45) is -0.478. The number of sulfone groups is 1. The Labute approximate surface area is 217 Å². The van der Waals surface area contributed by atoms with Gasteiger partial charge in [0, 0.05) is 29.8 Å². The van der Waals surface area contributed by atoms with E-state index >= 15 is 0 Å². The number of aliphatic hydroxyl groups excluding tert-OH is 1. The van der Waals surface area contributed by atoms with Crippen molar-refractivity contribution in [2.75, 3.05) is 5.32 Å². The van der Waals surface area contributed by atoms with Crippen LogP contribution in [0.4, 0.5) is 18.9 Å². The van der Waals surface area contributed by atoms with Gasteiger partial charge in [0.15, 0.2) is 27.3 Å². The lowest BCUT2D eigenvalue weighted by Gasteiger charge is -2.59. The molecule has 2 bridgehead atoms. The second-order valence-corrected chi connectivity index (χ2v) is 13.1. The van der Waals surface area contributed by atoms with Gasteiger partial charge in [-0.3, -0.25) is 4.79 Å². The van der Waals surface area contributed by atoms with Crippen molar-refractivity contribution >= 4 is 33.0 Å². The topological polar surface area (TPSA) is 124 Å². The normalized spacial score (nSPS) is 26.4. The van der Waals surface area contributed by atoms with Gasteiger partial charge in [-0.25, -0.2) is 21.6 Å². The standard InChI is InChI=1S/C25H27ClF3NO6S/c1-24(2,33)21(31)11-25(34)13-6-14(25)8-16(7-13)37(35,36)20-5-12(3-4-17(20)26)23(32)30-15-9-18(27)22(29)19(28)10-15/h3-5,9-10,13-14,16,21,31,33-34H,6-8,11H2,1-2H3,(H,30,32)/t13?,14?,16-,21?,25-. The monoisotopic (exact) mass is 561 g/mol. The van der Waals surface area contributed by atoms with E-state index in [2.05, 4.69) is 5.32 Å². The fourth-order valence-corrected chi connectivity index (χ4v) is 7.68. The number of amides is 1. The van der Waals surface area contributed by atoms with E-state index in [0.717, 1.165) is 6.07 Å². The molecular weight excluding hydrogens is 535 g/mol. The molecule has 3 aliphatic rings. The first-order valence-corrected chi connectivity index (χ1v) is 13.6. The molecule has 3 fully saturated rings. The highest BCUT2D eigenvalue weighted by Gasteiger charge is 2.61. The minimum atomic E-state index is -4.05. The fourth-order valence-electron chi connectivity index (χ4n) is 5.28. The van der Waals surface area contributed by atoms with E-state index in [-0.39, 0.29) is 40.4 Å². The summed E-state index contributed by atoms with van der Waals surface area (Å²) in [7, 11) is -4.05. The lowest BCUT2D eigenvalue weighted by atomic mass is 9.52. The van der Waals surface area contributed by atoms with Crippen LogP contribution in [0.1, 0.15) is 49.9 Å². The zero-order valence-electron chi connectivity index (χ0n) is 20.0. The Kier molecular flexibility index (Phi) is 7.17. The first kappa shape index (κ1) is 27.8. The predicted molar refractivity (Wildman–Crippen MR) is 129 cm³/mol. The van der Waals surface area contributed by atoms with Gasteiger partial charge in [0.05, 0.1) is 32.5 Å². The van der Waals surface area contributed by atoms with E-state index in [1.165, 1.54) is 26.0 Å². The van der Waals surface area contributed by atoms with E-state index in [1.807, 2.05) is 0 Å². The van der Waals surface area contributed by atoms with Gasteiger partial charge in [-0.1, -0.05) is 11.6 Å². The van der Waals surface area contributed by atoms with Crippen molar-refractivity contribution in [3.63, 3.8) is 0 Å². The highest BCUT2D eigenvalue weighted by atomic mass is 35.5. The second kappa shape index (κ2) is 9.53. The summed E-state index contributed by atoms with van der Waals surface area (Å²) in [6, 6.07) is 4.70. The summed E-state index contributed by atoms with van der Waals surface area (Å²) in [6.45, 7) is 2.86. The molecule has 3 aliphatic carbocycles. The van der Waals surface area contributed by atoms with E-state index in [4.69, 9.17) is 11.6 Å². The number of benzene rings is 2. The number of anilines is 1. The van der Waals surface area contributed by atoms with Crippen LogP contribution in [0.2, 0.25) is 5.02 Å². The molecule has 12 heteroatoms. The van der Waals surface area contributed by atoms with E-state index in [0.29, 0.717) is 18.6 Å². The maximum Gasteiger partial charge on any atom is 0.255 e. The summed E-state index contributed by atoms with van der Waals surface area (Å²) in [5, 5.41) is 32.6. The molecule has 0 saturated heterocycles. The maximum atomic E-state index is 13.5.